The fourth-order valence-electron chi connectivity index (χ4n) is 3.53. The van der Waals surface area contributed by atoms with Crippen LogP contribution in [0.3, 0.4) is 0 Å². The first-order valence-corrected chi connectivity index (χ1v) is 13.5. The van der Waals surface area contributed by atoms with Gasteiger partial charge in [-0.1, -0.05) is 29.8 Å². The molecule has 0 spiro atoms. The van der Waals surface area contributed by atoms with Crippen molar-refractivity contribution >= 4 is 74.8 Å². The van der Waals surface area contributed by atoms with E-state index in [4.69, 9.17) is 21.1 Å². The topological polar surface area (TPSA) is 84.9 Å². The predicted octanol–water partition coefficient (Wildman–Crippen LogP) is 6.65. The minimum absolute atomic E-state index is 0.0484. The van der Waals surface area contributed by atoms with Gasteiger partial charge in [-0.15, -0.1) is 0 Å². The molecule has 3 aromatic rings. The lowest BCUT2D eigenvalue weighted by Crippen LogP contribution is -2.27. The van der Waals surface area contributed by atoms with E-state index in [1.54, 1.807) is 36.4 Å². The van der Waals surface area contributed by atoms with E-state index in [0.29, 0.717) is 36.9 Å². The Bertz CT molecular complexity index is 1450. The molecule has 0 radical (unpaired) electrons. The molecule has 1 heterocycles. The smallest absolute Gasteiger partial charge is 0.293 e. The number of benzene rings is 3. The minimum Gasteiger partial charge on any atom is -0.493 e. The Labute approximate surface area is 241 Å². The number of hydrogen-bond donors (Lipinski definition) is 1. The highest BCUT2D eigenvalue weighted by Gasteiger charge is 2.35. The summed E-state index contributed by atoms with van der Waals surface area (Å²) in [5.74, 6) is -0.477. The molecule has 1 aliphatic heterocycles. The molecule has 1 N–H and O–H groups in total. The summed E-state index contributed by atoms with van der Waals surface area (Å²) in [7, 11) is 1.47. The molecule has 1 saturated heterocycles. The van der Waals surface area contributed by atoms with Gasteiger partial charge in [-0.05, 0) is 100 Å². The zero-order valence-corrected chi connectivity index (χ0v) is 23.9. The fraction of sp³-hybridized carbons (Fsp3) is 0.148. The highest BCUT2D eigenvalue weighted by molar-refractivity contribution is 14.1. The van der Waals surface area contributed by atoms with Crippen LogP contribution >= 0.6 is 46.0 Å². The monoisotopic (exact) mass is 666 g/mol. The number of anilines is 1. The van der Waals surface area contributed by atoms with E-state index >= 15 is 0 Å². The molecule has 1 fully saturated rings. The maximum Gasteiger partial charge on any atom is 0.293 e. The zero-order valence-electron chi connectivity index (χ0n) is 20.2. The average molecular weight is 667 g/mol. The third-order valence-corrected chi connectivity index (χ3v) is 7.60. The number of thioether (sulfide) groups is 1. The lowest BCUT2D eigenvalue weighted by atomic mass is 10.1. The van der Waals surface area contributed by atoms with E-state index in [1.807, 2.05) is 29.5 Å². The summed E-state index contributed by atoms with van der Waals surface area (Å²) in [4.78, 5) is 39.1. The fourth-order valence-corrected chi connectivity index (χ4v) is 5.33. The van der Waals surface area contributed by atoms with Gasteiger partial charge in [0.15, 0.2) is 18.1 Å². The molecular weight excluding hydrogens is 646 g/mol. The number of nitrogens with one attached hydrogen (secondary N) is 1. The van der Waals surface area contributed by atoms with E-state index in [1.165, 1.54) is 31.4 Å². The molecule has 1 aliphatic rings. The Hall–Kier alpha value is -3.09. The molecule has 38 heavy (non-hydrogen) atoms. The maximum atomic E-state index is 13.2. The molecule has 3 amide bonds. The van der Waals surface area contributed by atoms with Crippen LogP contribution in [-0.4, -0.2) is 35.7 Å². The van der Waals surface area contributed by atoms with Crippen molar-refractivity contribution < 1.29 is 28.2 Å². The van der Waals surface area contributed by atoms with E-state index in [2.05, 4.69) is 5.32 Å². The SMILES string of the molecule is COc1cc(/C=C2\SC(=O)N(Cc3ccc(F)cc3)C2=O)cc(I)c1OCC(=O)Nc1ccc(C)c(Cl)c1. The molecule has 0 bridgehead atoms. The van der Waals surface area contributed by atoms with Crippen LogP contribution in [0.1, 0.15) is 16.7 Å². The summed E-state index contributed by atoms with van der Waals surface area (Å²) in [6, 6.07) is 14.3. The van der Waals surface area contributed by atoms with Crippen molar-refractivity contribution in [3.63, 3.8) is 0 Å². The molecule has 0 atom stereocenters. The van der Waals surface area contributed by atoms with Crippen molar-refractivity contribution in [3.8, 4) is 11.5 Å². The Morgan fingerprint density at radius 2 is 1.89 bits per heavy atom. The van der Waals surface area contributed by atoms with Gasteiger partial charge in [0.1, 0.15) is 5.82 Å². The van der Waals surface area contributed by atoms with Gasteiger partial charge < -0.3 is 14.8 Å². The maximum absolute atomic E-state index is 13.2. The second-order valence-corrected chi connectivity index (χ2v) is 10.8. The van der Waals surface area contributed by atoms with Crippen molar-refractivity contribution in [2.75, 3.05) is 19.0 Å². The van der Waals surface area contributed by atoms with Crippen molar-refractivity contribution in [1.82, 2.24) is 4.90 Å². The number of imide groups is 1. The van der Waals surface area contributed by atoms with Crippen LogP contribution in [0.5, 0.6) is 11.5 Å². The van der Waals surface area contributed by atoms with Crippen molar-refractivity contribution in [1.29, 1.82) is 0 Å². The number of nitrogens with zero attached hydrogens (tertiary/aromatic N) is 1. The van der Waals surface area contributed by atoms with Gasteiger partial charge in [-0.25, -0.2) is 4.39 Å². The normalized spacial score (nSPS) is 14.2. The number of amides is 3. The summed E-state index contributed by atoms with van der Waals surface area (Å²) in [5, 5.41) is 2.87. The van der Waals surface area contributed by atoms with Gasteiger partial charge >= 0.3 is 0 Å². The van der Waals surface area contributed by atoms with Gasteiger partial charge in [0.2, 0.25) is 0 Å². The van der Waals surface area contributed by atoms with Gasteiger partial charge in [-0.3, -0.25) is 19.3 Å². The Balaban J connectivity index is 1.45. The molecule has 196 valence electrons. The molecule has 0 saturated carbocycles. The molecule has 7 nitrogen and oxygen atoms in total. The van der Waals surface area contributed by atoms with Gasteiger partial charge in [0.05, 0.1) is 22.1 Å². The van der Waals surface area contributed by atoms with Crippen LogP contribution < -0.4 is 14.8 Å². The lowest BCUT2D eigenvalue weighted by Gasteiger charge is -2.14. The van der Waals surface area contributed by atoms with Crippen LogP contribution in [0.4, 0.5) is 14.9 Å². The van der Waals surface area contributed by atoms with Crippen LogP contribution in [0.25, 0.3) is 6.08 Å². The molecule has 4 rings (SSSR count). The second-order valence-electron chi connectivity index (χ2n) is 8.23. The first-order chi connectivity index (χ1) is 18.1. The molecule has 0 unspecified atom stereocenters. The lowest BCUT2D eigenvalue weighted by molar-refractivity contribution is -0.123. The highest BCUT2D eigenvalue weighted by atomic mass is 127. The van der Waals surface area contributed by atoms with Crippen LogP contribution in [0.2, 0.25) is 5.02 Å². The molecular formula is C27H21ClFIN2O5S. The number of carbonyl (C=O) groups excluding carboxylic acids is 3. The molecule has 0 aliphatic carbocycles. The number of ether oxygens (including phenoxy) is 2. The van der Waals surface area contributed by atoms with Gasteiger partial charge in [0.25, 0.3) is 17.1 Å². The van der Waals surface area contributed by atoms with Crippen molar-refractivity contribution in [3.05, 3.63) is 90.6 Å². The van der Waals surface area contributed by atoms with E-state index < -0.39 is 17.0 Å². The Kier molecular flexibility index (Phi) is 8.95. The number of methoxy groups -OCH3 is 1. The summed E-state index contributed by atoms with van der Waals surface area (Å²) in [5.41, 5.74) is 2.71. The van der Waals surface area contributed by atoms with Crippen LogP contribution in [0, 0.1) is 16.3 Å². The molecule has 0 aromatic heterocycles. The Morgan fingerprint density at radius 1 is 1.16 bits per heavy atom. The number of carbonyl (C=O) groups is 3. The third-order valence-electron chi connectivity index (χ3n) is 5.48. The molecule has 3 aromatic carbocycles. The zero-order chi connectivity index (χ0) is 27.4. The molecule has 11 heteroatoms. The number of rotatable bonds is 8. The van der Waals surface area contributed by atoms with E-state index in [0.717, 1.165) is 22.2 Å². The average Bonchev–Trinajstić information content (AvgIpc) is 3.13. The summed E-state index contributed by atoms with van der Waals surface area (Å²) in [6.07, 6.45) is 1.60. The highest BCUT2D eigenvalue weighted by Crippen LogP contribution is 2.37. The Morgan fingerprint density at radius 3 is 2.58 bits per heavy atom. The van der Waals surface area contributed by atoms with Crippen molar-refractivity contribution in [2.45, 2.75) is 13.5 Å². The van der Waals surface area contributed by atoms with E-state index in [9.17, 15) is 18.8 Å². The first kappa shape index (κ1) is 27.9. The summed E-state index contributed by atoms with van der Waals surface area (Å²) < 4.78 is 25.0. The van der Waals surface area contributed by atoms with Crippen molar-refractivity contribution in [2.24, 2.45) is 0 Å². The second kappa shape index (κ2) is 12.2. The predicted molar refractivity (Wildman–Crippen MR) is 154 cm³/mol. The van der Waals surface area contributed by atoms with Crippen LogP contribution in [0.15, 0.2) is 59.5 Å². The third kappa shape index (κ3) is 6.66. The summed E-state index contributed by atoms with van der Waals surface area (Å²) in [6.45, 7) is 1.65. The number of aryl methyl sites for hydroxylation is 1. The number of hydrogen-bond acceptors (Lipinski definition) is 6. The number of halogens is 3. The minimum atomic E-state index is -0.438. The van der Waals surface area contributed by atoms with Gasteiger partial charge in [-0.2, -0.15) is 0 Å². The van der Waals surface area contributed by atoms with Crippen LogP contribution in [-0.2, 0) is 16.1 Å². The quantitative estimate of drug-likeness (QED) is 0.214. The van der Waals surface area contributed by atoms with E-state index in [-0.39, 0.29) is 24.0 Å². The largest absolute Gasteiger partial charge is 0.493 e. The standard InChI is InChI=1S/C27H21ClFIN2O5S/c1-15-3-8-19(12-20(15)28)31-24(33)14-37-25-21(30)9-17(10-22(25)36-2)11-23-26(34)32(27(35)38-23)13-16-4-6-18(29)7-5-16/h3-12H,13-14H2,1-2H3,(H,31,33)/b23-11-. The summed E-state index contributed by atoms with van der Waals surface area (Å²) >= 11 is 8.99. The van der Waals surface area contributed by atoms with Gasteiger partial charge in [0, 0.05) is 10.7 Å². The first-order valence-electron chi connectivity index (χ1n) is 11.2.